The van der Waals surface area contributed by atoms with Gasteiger partial charge >= 0.3 is 0 Å². The Morgan fingerprint density at radius 1 is 0.600 bits per heavy atom. The van der Waals surface area contributed by atoms with E-state index in [1.54, 1.807) is 13.8 Å². The van der Waals surface area contributed by atoms with E-state index in [2.05, 4.69) is 91.9 Å². The van der Waals surface area contributed by atoms with Crippen LogP contribution in [0.15, 0.2) is 79.6 Å². The molecule has 8 rings (SSSR count). The topological polar surface area (TPSA) is 95.5 Å². The van der Waals surface area contributed by atoms with E-state index in [-0.39, 0.29) is 23.3 Å². The highest BCUT2D eigenvalue weighted by Crippen LogP contribution is 2.51. The van der Waals surface area contributed by atoms with Gasteiger partial charge in [0.2, 0.25) is 0 Å². The zero-order chi connectivity index (χ0) is 49.5. The molecule has 8 heteroatoms. The van der Waals surface area contributed by atoms with Crippen molar-refractivity contribution < 1.29 is 14.4 Å². The lowest BCUT2D eigenvalue weighted by Crippen LogP contribution is -2.43. The first-order valence-corrected chi connectivity index (χ1v) is 26.6. The van der Waals surface area contributed by atoms with Gasteiger partial charge in [0.1, 0.15) is 11.6 Å². The summed E-state index contributed by atoms with van der Waals surface area (Å²) in [6.07, 6.45) is 17.8. The highest BCUT2D eigenvalue weighted by Gasteiger charge is 2.29. The molecular formula is C62H75N5O3. The van der Waals surface area contributed by atoms with E-state index < -0.39 is 0 Å². The number of nitrogens with zero attached hydrogens (tertiary/aromatic N) is 4. The molecule has 0 bridgehead atoms. The Hall–Kier alpha value is -5.99. The number of allylic oxidation sites excluding steroid dienone is 1. The number of piperazine rings is 1. The van der Waals surface area contributed by atoms with Gasteiger partial charge in [-0.05, 0) is 125 Å². The molecule has 0 saturated carbocycles. The van der Waals surface area contributed by atoms with Crippen molar-refractivity contribution in [1.29, 1.82) is 0 Å². The van der Waals surface area contributed by atoms with Gasteiger partial charge in [-0.15, -0.1) is 0 Å². The average Bonchev–Trinajstić information content (AvgIpc) is 3.37. The molecule has 366 valence electrons. The van der Waals surface area contributed by atoms with Crippen molar-refractivity contribution in [3.63, 3.8) is 0 Å². The fourth-order valence-corrected chi connectivity index (χ4v) is 11.4. The third-order valence-electron chi connectivity index (χ3n) is 14.9. The largest absolute Gasteiger partial charge is 0.357 e. The van der Waals surface area contributed by atoms with Crippen molar-refractivity contribution in [3.05, 3.63) is 102 Å². The lowest BCUT2D eigenvalue weighted by atomic mass is 9.78. The fourth-order valence-electron chi connectivity index (χ4n) is 11.4. The summed E-state index contributed by atoms with van der Waals surface area (Å²) in [5.41, 5.74) is 7.19. The van der Waals surface area contributed by atoms with Gasteiger partial charge in [0.25, 0.3) is 0 Å². The smallest absolute Gasteiger partial charge is 0.163 e. The Morgan fingerprint density at radius 3 is 1.64 bits per heavy atom. The van der Waals surface area contributed by atoms with Crippen molar-refractivity contribution in [2.45, 2.75) is 132 Å². The minimum Gasteiger partial charge on any atom is -0.357 e. The Bertz CT molecular complexity index is 2980. The molecule has 0 radical (unpaired) electrons. The van der Waals surface area contributed by atoms with Gasteiger partial charge in [-0.1, -0.05) is 128 Å². The highest BCUT2D eigenvalue weighted by molar-refractivity contribution is 6.42. The molecule has 8 nitrogen and oxygen atoms in total. The van der Waals surface area contributed by atoms with Crippen molar-refractivity contribution in [1.82, 2.24) is 15.3 Å². The van der Waals surface area contributed by atoms with Gasteiger partial charge in [0.05, 0.1) is 0 Å². The lowest BCUT2D eigenvalue weighted by Gasteiger charge is -2.28. The van der Waals surface area contributed by atoms with Crippen LogP contribution in [-0.2, 0) is 0 Å². The second-order valence-corrected chi connectivity index (χ2v) is 20.1. The van der Waals surface area contributed by atoms with E-state index in [0.29, 0.717) is 28.5 Å². The monoisotopic (exact) mass is 938 g/mol. The minimum atomic E-state index is -0.0932. The number of aromatic nitrogens is 2. The van der Waals surface area contributed by atoms with E-state index >= 15 is 4.79 Å². The number of fused-ring (bicyclic) bond motifs is 2. The van der Waals surface area contributed by atoms with Gasteiger partial charge in [0.15, 0.2) is 17.3 Å². The quantitative estimate of drug-likeness (QED) is 0.0277. The maximum Gasteiger partial charge on any atom is 0.163 e. The molecule has 0 amide bonds. The molecule has 1 saturated heterocycles. The first-order valence-electron chi connectivity index (χ1n) is 26.6. The maximum atomic E-state index is 15.2. The zero-order valence-electron chi connectivity index (χ0n) is 43.2. The Morgan fingerprint density at radius 2 is 1.14 bits per heavy atom. The van der Waals surface area contributed by atoms with Crippen LogP contribution in [0.3, 0.4) is 0 Å². The molecule has 1 N–H and O–H groups in total. The van der Waals surface area contributed by atoms with Crippen molar-refractivity contribution in [2.24, 2.45) is 5.92 Å². The van der Waals surface area contributed by atoms with Gasteiger partial charge < -0.3 is 15.1 Å². The molecule has 0 unspecified atom stereocenters. The van der Waals surface area contributed by atoms with E-state index in [1.165, 1.54) is 38.5 Å². The highest BCUT2D eigenvalue weighted by atomic mass is 16.1. The third-order valence-corrected chi connectivity index (χ3v) is 14.9. The summed E-state index contributed by atoms with van der Waals surface area (Å²) in [6.45, 7) is 24.1. The summed E-state index contributed by atoms with van der Waals surface area (Å²) in [5, 5.41) is 10.6. The van der Waals surface area contributed by atoms with Crippen LogP contribution in [-0.4, -0.2) is 66.6 Å². The van der Waals surface area contributed by atoms with Crippen molar-refractivity contribution >= 4 is 77.6 Å². The normalized spacial score (nSPS) is 13.1. The standard InChI is InChI=1S/C62H75N5O3/c1-9-13-15-17-19-43(20-18-16-14-10-2)35-54(70)47-24-26-49-59-52(44-21-27-55(64-38-44)66(31-11-3)32-12-4)36-50(40(5)6)57-46(41(7)68)23-25-48(61(57)59)60-53(37-51(42(8)69)58(47)62(49)60)45-22-28-56(65-39-45)67-33-29-63-30-34-67/h21-28,36-39,43,63H,5,9-20,29-35H2,1-4,6-8H3. The number of carbonyl (C=O) groups excluding carboxylic acids is 3. The molecule has 1 fully saturated rings. The van der Waals surface area contributed by atoms with Crippen LogP contribution in [0.25, 0.3) is 70.9 Å². The molecule has 3 heterocycles. The second-order valence-electron chi connectivity index (χ2n) is 20.1. The van der Waals surface area contributed by atoms with Crippen molar-refractivity contribution in [3.8, 4) is 22.3 Å². The number of hydrogen-bond acceptors (Lipinski definition) is 8. The number of carbonyl (C=O) groups is 3. The number of hydrogen-bond donors (Lipinski definition) is 1. The van der Waals surface area contributed by atoms with Crippen LogP contribution >= 0.6 is 0 Å². The summed E-state index contributed by atoms with van der Waals surface area (Å²) >= 11 is 0. The number of rotatable bonds is 24. The molecule has 7 aromatic rings. The summed E-state index contributed by atoms with van der Waals surface area (Å²) in [7, 11) is 0. The second kappa shape index (κ2) is 22.8. The molecule has 2 aromatic heterocycles. The summed E-state index contributed by atoms with van der Waals surface area (Å²) < 4.78 is 0. The van der Waals surface area contributed by atoms with Crippen LogP contribution in [0.1, 0.15) is 169 Å². The summed E-state index contributed by atoms with van der Waals surface area (Å²) in [6, 6.07) is 20.9. The predicted molar refractivity (Wildman–Crippen MR) is 297 cm³/mol. The molecule has 1 aliphatic heterocycles. The Balaban J connectivity index is 1.46. The molecule has 0 spiro atoms. The lowest BCUT2D eigenvalue weighted by molar-refractivity contribution is 0.0955. The fraction of sp³-hybridized carbons (Fsp3) is 0.435. The molecule has 1 aliphatic rings. The Labute approximate surface area is 416 Å². The van der Waals surface area contributed by atoms with Crippen molar-refractivity contribution in [2.75, 3.05) is 49.1 Å². The van der Waals surface area contributed by atoms with Crippen LogP contribution < -0.4 is 15.1 Å². The number of ketones is 3. The predicted octanol–water partition coefficient (Wildman–Crippen LogP) is 15.5. The first-order chi connectivity index (χ1) is 34.0. The van der Waals surface area contributed by atoms with Crippen LogP contribution in [0.5, 0.6) is 0 Å². The van der Waals surface area contributed by atoms with Gasteiger partial charge in [0, 0.05) is 96.7 Å². The average molecular weight is 938 g/mol. The van der Waals surface area contributed by atoms with Crippen LogP contribution in [0.2, 0.25) is 0 Å². The molecule has 0 aliphatic carbocycles. The van der Waals surface area contributed by atoms with E-state index in [4.69, 9.17) is 9.97 Å². The number of anilines is 2. The van der Waals surface area contributed by atoms with Crippen LogP contribution in [0, 0.1) is 5.92 Å². The van der Waals surface area contributed by atoms with Gasteiger partial charge in [-0.25, -0.2) is 9.97 Å². The number of Topliss-reactive ketones (excluding diaryl/α,β-unsaturated/α-hetero) is 3. The molecule has 5 aromatic carbocycles. The van der Waals surface area contributed by atoms with Gasteiger partial charge in [-0.2, -0.15) is 0 Å². The van der Waals surface area contributed by atoms with E-state index in [1.807, 2.05) is 37.5 Å². The van der Waals surface area contributed by atoms with Gasteiger partial charge in [-0.3, -0.25) is 14.4 Å². The number of benzene rings is 5. The number of pyridine rings is 2. The number of unbranched alkanes of at least 4 members (excludes halogenated alkanes) is 6. The Kier molecular flexibility index (Phi) is 16.4. The molecule has 70 heavy (non-hydrogen) atoms. The molecular weight excluding hydrogens is 863 g/mol. The summed E-state index contributed by atoms with van der Waals surface area (Å²) in [5.74, 6) is 2.11. The maximum absolute atomic E-state index is 15.2. The van der Waals surface area contributed by atoms with Crippen LogP contribution in [0.4, 0.5) is 11.6 Å². The minimum absolute atomic E-state index is 0.0265. The molecule has 0 atom stereocenters. The first kappa shape index (κ1) is 50.4. The summed E-state index contributed by atoms with van der Waals surface area (Å²) in [4.78, 5) is 58.2. The van der Waals surface area contributed by atoms with E-state index in [0.717, 1.165) is 161 Å². The zero-order valence-corrected chi connectivity index (χ0v) is 43.2. The third kappa shape index (κ3) is 10.3. The van der Waals surface area contributed by atoms with E-state index in [9.17, 15) is 9.59 Å². The SMILES string of the molecule is C=C(C)c1cc(-c2ccc(N(CCC)CCC)nc2)c2c3ccc(C(=O)CC(CCCCCC)CCCCCC)c4c(C(C)=O)cc(-c5ccc(N6CCNCC6)nc5)c(c5ccc(C(C)=O)c1c52)c43. The number of nitrogens with one attached hydrogen (secondary N) is 1.